The summed E-state index contributed by atoms with van der Waals surface area (Å²) in [5, 5.41) is 14.0. The summed E-state index contributed by atoms with van der Waals surface area (Å²) < 4.78 is 0. The smallest absolute Gasteiger partial charge is 0.305 e. The van der Waals surface area contributed by atoms with Crippen molar-refractivity contribution in [2.24, 2.45) is 17.8 Å². The fourth-order valence-corrected chi connectivity index (χ4v) is 2.89. The zero-order chi connectivity index (χ0) is 16.4. The van der Waals surface area contributed by atoms with Crippen LogP contribution < -0.4 is 10.6 Å². The number of carbonyl (C=O) groups is 3. The summed E-state index contributed by atoms with van der Waals surface area (Å²) >= 11 is 0. The summed E-state index contributed by atoms with van der Waals surface area (Å²) in [6, 6.07) is 6.63. The van der Waals surface area contributed by atoms with E-state index in [0.717, 1.165) is 12.3 Å². The molecule has 2 fully saturated rings. The Kier molecular flexibility index (Phi) is 4.32. The average molecular weight is 316 g/mol. The number of hydrogen-bond acceptors (Lipinski definition) is 3. The third-order valence-electron chi connectivity index (χ3n) is 4.44. The zero-order valence-corrected chi connectivity index (χ0v) is 12.7. The van der Waals surface area contributed by atoms with Crippen LogP contribution in [0, 0.1) is 17.8 Å². The molecule has 3 N–H and O–H groups in total. The molecule has 6 heteroatoms. The van der Waals surface area contributed by atoms with E-state index in [2.05, 4.69) is 10.6 Å². The summed E-state index contributed by atoms with van der Waals surface area (Å²) in [6.07, 6.45) is 3.42. The van der Waals surface area contributed by atoms with Gasteiger partial charge in [0, 0.05) is 23.7 Å². The molecule has 2 amide bonds. The number of carbonyl (C=O) groups excluding carboxylic acids is 2. The normalized spacial score (nSPS) is 22.3. The Morgan fingerprint density at radius 3 is 2.43 bits per heavy atom. The van der Waals surface area contributed by atoms with Crippen LogP contribution in [0.15, 0.2) is 24.3 Å². The van der Waals surface area contributed by atoms with Gasteiger partial charge in [-0.15, -0.1) is 0 Å². The molecule has 1 aromatic rings. The van der Waals surface area contributed by atoms with Crippen molar-refractivity contribution in [3.63, 3.8) is 0 Å². The van der Waals surface area contributed by atoms with Gasteiger partial charge in [0.1, 0.15) is 0 Å². The lowest BCUT2D eigenvalue weighted by molar-refractivity contribution is -0.136. The highest BCUT2D eigenvalue weighted by Crippen LogP contribution is 2.54. The lowest BCUT2D eigenvalue weighted by Gasteiger charge is -2.07. The second-order valence-electron chi connectivity index (χ2n) is 6.31. The predicted molar refractivity (Wildman–Crippen MR) is 84.0 cm³/mol. The van der Waals surface area contributed by atoms with Crippen molar-refractivity contribution < 1.29 is 19.5 Å². The third kappa shape index (κ3) is 4.09. The van der Waals surface area contributed by atoms with E-state index in [1.807, 2.05) is 0 Å². The van der Waals surface area contributed by atoms with Crippen molar-refractivity contribution >= 4 is 23.5 Å². The fraction of sp³-hybridized carbons (Fsp3) is 0.471. The molecular weight excluding hydrogens is 296 g/mol. The first-order valence-corrected chi connectivity index (χ1v) is 7.95. The molecule has 0 heterocycles. The van der Waals surface area contributed by atoms with Gasteiger partial charge in [-0.1, -0.05) is 0 Å². The van der Waals surface area contributed by atoms with Crippen LogP contribution in [0.5, 0.6) is 0 Å². The van der Waals surface area contributed by atoms with Crippen LogP contribution in [-0.4, -0.2) is 29.4 Å². The first-order valence-electron chi connectivity index (χ1n) is 7.95. The molecule has 2 saturated carbocycles. The van der Waals surface area contributed by atoms with Gasteiger partial charge in [0.05, 0.1) is 6.42 Å². The van der Waals surface area contributed by atoms with Gasteiger partial charge >= 0.3 is 5.97 Å². The molecule has 2 aliphatic rings. The maximum absolute atomic E-state index is 12.1. The molecule has 3 rings (SSSR count). The second kappa shape index (κ2) is 6.40. The Balaban J connectivity index is 1.47. The van der Waals surface area contributed by atoms with Crippen molar-refractivity contribution in [1.29, 1.82) is 0 Å². The van der Waals surface area contributed by atoms with Gasteiger partial charge in [0.2, 0.25) is 5.91 Å². The Morgan fingerprint density at radius 2 is 1.83 bits per heavy atom. The molecule has 2 aliphatic carbocycles. The van der Waals surface area contributed by atoms with Crippen molar-refractivity contribution in [2.45, 2.75) is 25.7 Å². The second-order valence-corrected chi connectivity index (χ2v) is 6.31. The van der Waals surface area contributed by atoms with Gasteiger partial charge in [-0.3, -0.25) is 14.4 Å². The maximum Gasteiger partial charge on any atom is 0.305 e. The van der Waals surface area contributed by atoms with Crippen molar-refractivity contribution in [2.75, 3.05) is 11.9 Å². The molecular formula is C17H20N2O4. The third-order valence-corrected chi connectivity index (χ3v) is 4.44. The fourth-order valence-electron chi connectivity index (χ4n) is 2.89. The lowest BCUT2D eigenvalue weighted by atomic mass is 10.1. The van der Waals surface area contributed by atoms with Crippen molar-refractivity contribution in [1.82, 2.24) is 5.32 Å². The van der Waals surface area contributed by atoms with E-state index in [0.29, 0.717) is 17.2 Å². The average Bonchev–Trinajstić information content (AvgIpc) is 3.38. The number of carboxylic acids is 1. The number of benzene rings is 1. The number of anilines is 1. The molecule has 0 bridgehead atoms. The Bertz CT molecular complexity index is 622. The summed E-state index contributed by atoms with van der Waals surface area (Å²) in [5.41, 5.74) is 1.12. The van der Waals surface area contributed by atoms with Gasteiger partial charge in [0.25, 0.3) is 5.91 Å². The van der Waals surface area contributed by atoms with E-state index in [9.17, 15) is 14.4 Å². The summed E-state index contributed by atoms with van der Waals surface area (Å²) in [7, 11) is 0. The van der Waals surface area contributed by atoms with Crippen LogP contribution in [0.4, 0.5) is 5.69 Å². The van der Waals surface area contributed by atoms with Crippen molar-refractivity contribution in [3.05, 3.63) is 29.8 Å². The van der Waals surface area contributed by atoms with Gasteiger partial charge in [-0.25, -0.2) is 0 Å². The molecule has 0 radical (unpaired) electrons. The first kappa shape index (κ1) is 15.5. The van der Waals surface area contributed by atoms with E-state index in [-0.39, 0.29) is 30.7 Å². The van der Waals surface area contributed by atoms with E-state index in [1.165, 1.54) is 12.8 Å². The monoisotopic (exact) mass is 316 g/mol. The van der Waals surface area contributed by atoms with Crippen molar-refractivity contribution in [3.8, 4) is 0 Å². The largest absolute Gasteiger partial charge is 0.481 e. The van der Waals surface area contributed by atoms with Gasteiger partial charge in [-0.05, 0) is 55.4 Å². The molecule has 0 aliphatic heterocycles. The summed E-state index contributed by atoms with van der Waals surface area (Å²) in [5.74, 6) is 0.298. The topological polar surface area (TPSA) is 95.5 Å². The molecule has 122 valence electrons. The number of hydrogen-bond donors (Lipinski definition) is 3. The molecule has 2 atom stereocenters. The van der Waals surface area contributed by atoms with Crippen LogP contribution in [0.25, 0.3) is 0 Å². The molecule has 1 aromatic carbocycles. The predicted octanol–water partition coefficient (Wildman–Crippen LogP) is 1.88. The van der Waals surface area contributed by atoms with E-state index in [4.69, 9.17) is 5.11 Å². The van der Waals surface area contributed by atoms with Gasteiger partial charge < -0.3 is 15.7 Å². The number of amides is 2. The van der Waals surface area contributed by atoms with Crippen LogP contribution in [0.1, 0.15) is 36.0 Å². The first-order chi connectivity index (χ1) is 11.0. The quantitative estimate of drug-likeness (QED) is 0.715. The van der Waals surface area contributed by atoms with Gasteiger partial charge in [0.15, 0.2) is 0 Å². The number of carboxylic acid groups (broad SMARTS) is 1. The summed E-state index contributed by atoms with van der Waals surface area (Å²) in [6.45, 7) is 0.0941. The highest BCUT2D eigenvalue weighted by Gasteiger charge is 2.51. The minimum absolute atomic E-state index is 0.0700. The van der Waals surface area contributed by atoms with Crippen LogP contribution in [-0.2, 0) is 9.59 Å². The highest BCUT2D eigenvalue weighted by molar-refractivity contribution is 5.97. The minimum atomic E-state index is -0.951. The highest BCUT2D eigenvalue weighted by atomic mass is 16.4. The molecule has 2 unspecified atom stereocenters. The van der Waals surface area contributed by atoms with E-state index >= 15 is 0 Å². The zero-order valence-electron chi connectivity index (χ0n) is 12.7. The SMILES string of the molecule is O=C(O)CCNC(=O)c1ccc(NC(=O)C2CC2C2CC2)cc1. The Hall–Kier alpha value is -2.37. The maximum atomic E-state index is 12.1. The molecule has 0 saturated heterocycles. The standard InChI is InChI=1S/C17H20N2O4/c20-15(21)7-8-18-16(22)11-3-5-12(6-4-11)19-17(23)14-9-13(14)10-1-2-10/h3-6,10,13-14H,1-2,7-9H2,(H,18,22)(H,19,23)(H,20,21). The molecule has 23 heavy (non-hydrogen) atoms. The van der Waals surface area contributed by atoms with Gasteiger partial charge in [-0.2, -0.15) is 0 Å². The summed E-state index contributed by atoms with van der Waals surface area (Å²) in [4.78, 5) is 34.3. The lowest BCUT2D eigenvalue weighted by Crippen LogP contribution is -2.26. The number of nitrogens with one attached hydrogen (secondary N) is 2. The van der Waals surface area contributed by atoms with E-state index in [1.54, 1.807) is 24.3 Å². The number of rotatable bonds is 7. The van der Waals surface area contributed by atoms with Crippen LogP contribution in [0.2, 0.25) is 0 Å². The minimum Gasteiger partial charge on any atom is -0.481 e. The molecule has 0 aromatic heterocycles. The molecule has 6 nitrogen and oxygen atoms in total. The Morgan fingerprint density at radius 1 is 1.13 bits per heavy atom. The van der Waals surface area contributed by atoms with Crippen LogP contribution in [0.3, 0.4) is 0 Å². The molecule has 0 spiro atoms. The van der Waals surface area contributed by atoms with Crippen LogP contribution >= 0.6 is 0 Å². The van der Waals surface area contributed by atoms with E-state index < -0.39 is 5.97 Å². The number of aliphatic carboxylic acids is 1. The Labute approximate surface area is 134 Å².